The minimum Gasteiger partial charge on any atom is -0.342 e. The van der Waals surface area contributed by atoms with Gasteiger partial charge in [0, 0.05) is 18.0 Å². The fraction of sp³-hybridized carbons (Fsp3) is 0.259. The van der Waals surface area contributed by atoms with Crippen LogP contribution in [0, 0.1) is 5.82 Å². The minimum atomic E-state index is -3.64. The standard InChI is InChI=1S/C27H29FN2O4S/c1-3-19(2)30-35(33,34)24-15-9-21(10-16-24)18-26(31)25(17-20-7-5-4-6-8-20)29-27(32)22-11-13-23(28)14-12-22/h4-16,19,25,30H,3,17-18H2,1-2H3,(H,29,32)/t19-,25-/m0/s1. The van der Waals surface area contributed by atoms with Crippen molar-refractivity contribution in [2.45, 2.75) is 50.1 Å². The van der Waals surface area contributed by atoms with Gasteiger partial charge in [-0.15, -0.1) is 0 Å². The average molecular weight is 497 g/mol. The molecule has 0 aliphatic rings. The molecule has 8 heteroatoms. The van der Waals surface area contributed by atoms with Crippen molar-refractivity contribution in [2.75, 3.05) is 0 Å². The summed E-state index contributed by atoms with van der Waals surface area (Å²) in [7, 11) is -3.64. The molecule has 1 amide bonds. The van der Waals surface area contributed by atoms with Crippen LogP contribution < -0.4 is 10.0 Å². The van der Waals surface area contributed by atoms with Gasteiger partial charge in [0.25, 0.3) is 5.91 Å². The highest BCUT2D eigenvalue weighted by Crippen LogP contribution is 2.14. The third-order valence-electron chi connectivity index (χ3n) is 5.66. The molecule has 0 radical (unpaired) electrons. The predicted octanol–water partition coefficient (Wildman–Crippen LogP) is 4.06. The van der Waals surface area contributed by atoms with E-state index in [1.54, 1.807) is 19.1 Å². The van der Waals surface area contributed by atoms with E-state index in [9.17, 15) is 22.4 Å². The largest absolute Gasteiger partial charge is 0.342 e. The summed E-state index contributed by atoms with van der Waals surface area (Å²) in [6.45, 7) is 3.68. The number of halogens is 1. The molecule has 0 bridgehead atoms. The molecule has 0 unspecified atom stereocenters. The summed E-state index contributed by atoms with van der Waals surface area (Å²) >= 11 is 0. The van der Waals surface area contributed by atoms with Gasteiger partial charge in [0.05, 0.1) is 10.9 Å². The van der Waals surface area contributed by atoms with Gasteiger partial charge in [-0.1, -0.05) is 49.4 Å². The van der Waals surface area contributed by atoms with Gasteiger partial charge in [-0.05, 0) is 67.3 Å². The maximum absolute atomic E-state index is 13.2. The molecule has 0 saturated heterocycles. The number of rotatable bonds is 11. The Hall–Kier alpha value is -3.36. The zero-order valence-electron chi connectivity index (χ0n) is 19.7. The molecule has 3 aromatic carbocycles. The number of hydrogen-bond donors (Lipinski definition) is 2. The van der Waals surface area contributed by atoms with Gasteiger partial charge in [0.15, 0.2) is 5.78 Å². The van der Waals surface area contributed by atoms with Gasteiger partial charge < -0.3 is 5.32 Å². The molecule has 3 aromatic rings. The molecule has 3 rings (SSSR count). The molecule has 0 spiro atoms. The van der Waals surface area contributed by atoms with Crippen LogP contribution in [-0.4, -0.2) is 32.2 Å². The lowest BCUT2D eigenvalue weighted by Crippen LogP contribution is -2.43. The van der Waals surface area contributed by atoms with Gasteiger partial charge in [-0.3, -0.25) is 9.59 Å². The van der Waals surface area contributed by atoms with Crippen LogP contribution in [0.15, 0.2) is 83.8 Å². The third-order valence-corrected chi connectivity index (χ3v) is 7.27. The van der Waals surface area contributed by atoms with Crippen LogP contribution in [0.25, 0.3) is 0 Å². The first kappa shape index (κ1) is 26.2. The second kappa shape index (κ2) is 11.9. The number of carbonyl (C=O) groups is 2. The Morgan fingerprint density at radius 1 is 0.886 bits per heavy atom. The average Bonchev–Trinajstić information content (AvgIpc) is 2.84. The van der Waals surface area contributed by atoms with E-state index in [2.05, 4.69) is 10.0 Å². The molecular formula is C27H29FN2O4S. The van der Waals surface area contributed by atoms with Crippen LogP contribution in [0.5, 0.6) is 0 Å². The van der Waals surface area contributed by atoms with Gasteiger partial charge in [-0.2, -0.15) is 0 Å². The number of nitrogens with one attached hydrogen (secondary N) is 2. The predicted molar refractivity (Wildman–Crippen MR) is 133 cm³/mol. The second-order valence-corrected chi connectivity index (χ2v) is 10.2. The van der Waals surface area contributed by atoms with Crippen molar-refractivity contribution in [2.24, 2.45) is 0 Å². The van der Waals surface area contributed by atoms with E-state index in [1.807, 2.05) is 37.3 Å². The van der Waals surface area contributed by atoms with Crippen molar-refractivity contribution in [3.8, 4) is 0 Å². The maximum atomic E-state index is 13.2. The zero-order chi connectivity index (χ0) is 25.4. The highest BCUT2D eigenvalue weighted by molar-refractivity contribution is 7.89. The summed E-state index contributed by atoms with van der Waals surface area (Å²) < 4.78 is 40.8. The minimum absolute atomic E-state index is 0.0142. The summed E-state index contributed by atoms with van der Waals surface area (Å²) in [5.41, 5.74) is 1.76. The highest BCUT2D eigenvalue weighted by Gasteiger charge is 2.23. The van der Waals surface area contributed by atoms with Crippen LogP contribution >= 0.6 is 0 Å². The number of Topliss-reactive ketones (excluding diaryl/α,β-unsaturated/α-hetero) is 1. The molecule has 6 nitrogen and oxygen atoms in total. The molecule has 0 heterocycles. The number of amides is 1. The van der Waals surface area contributed by atoms with Gasteiger partial charge in [0.1, 0.15) is 5.82 Å². The van der Waals surface area contributed by atoms with E-state index in [1.165, 1.54) is 36.4 Å². The topological polar surface area (TPSA) is 92.3 Å². The van der Waals surface area contributed by atoms with Crippen molar-refractivity contribution in [1.82, 2.24) is 10.0 Å². The SMILES string of the molecule is CC[C@H](C)NS(=O)(=O)c1ccc(CC(=O)[C@H](Cc2ccccc2)NC(=O)c2ccc(F)cc2)cc1. The molecule has 0 saturated carbocycles. The fourth-order valence-corrected chi connectivity index (χ4v) is 4.79. The molecule has 2 N–H and O–H groups in total. The molecule has 35 heavy (non-hydrogen) atoms. The lowest BCUT2D eigenvalue weighted by Gasteiger charge is -2.18. The fourth-order valence-electron chi connectivity index (χ4n) is 3.47. The third kappa shape index (κ3) is 7.56. The number of hydrogen-bond acceptors (Lipinski definition) is 4. The van der Waals surface area contributed by atoms with Crippen molar-refractivity contribution >= 4 is 21.7 Å². The summed E-state index contributed by atoms with van der Waals surface area (Å²) in [6.07, 6.45) is 0.969. The van der Waals surface area contributed by atoms with E-state index < -0.39 is 27.8 Å². The smallest absolute Gasteiger partial charge is 0.251 e. The van der Waals surface area contributed by atoms with E-state index >= 15 is 0 Å². The van der Waals surface area contributed by atoms with E-state index in [0.29, 0.717) is 12.0 Å². The van der Waals surface area contributed by atoms with Gasteiger partial charge in [0.2, 0.25) is 10.0 Å². The number of benzene rings is 3. The Bertz CT molecular complexity index is 1240. The molecule has 0 aromatic heterocycles. The monoisotopic (exact) mass is 496 g/mol. The molecular weight excluding hydrogens is 467 g/mol. The molecule has 0 aliphatic carbocycles. The van der Waals surface area contributed by atoms with E-state index in [4.69, 9.17) is 0 Å². The van der Waals surface area contributed by atoms with Crippen molar-refractivity contribution in [1.29, 1.82) is 0 Å². The molecule has 2 atom stereocenters. The van der Waals surface area contributed by atoms with Crippen LogP contribution in [-0.2, 0) is 27.7 Å². The van der Waals surface area contributed by atoms with Crippen molar-refractivity contribution in [3.05, 3.63) is 101 Å². The van der Waals surface area contributed by atoms with Crippen molar-refractivity contribution < 1.29 is 22.4 Å². The quantitative estimate of drug-likeness (QED) is 0.419. The first-order valence-corrected chi connectivity index (χ1v) is 12.9. The number of sulfonamides is 1. The lowest BCUT2D eigenvalue weighted by atomic mass is 9.97. The van der Waals surface area contributed by atoms with Crippen LogP contribution in [0.4, 0.5) is 4.39 Å². The normalized spacial score (nSPS) is 13.1. The highest BCUT2D eigenvalue weighted by atomic mass is 32.2. The molecule has 0 fully saturated rings. The van der Waals surface area contributed by atoms with Gasteiger partial charge >= 0.3 is 0 Å². The maximum Gasteiger partial charge on any atom is 0.251 e. The van der Waals surface area contributed by atoms with Crippen LogP contribution in [0.2, 0.25) is 0 Å². The Morgan fingerprint density at radius 3 is 2.11 bits per heavy atom. The van der Waals surface area contributed by atoms with Crippen molar-refractivity contribution in [3.63, 3.8) is 0 Å². The number of ketones is 1. The van der Waals surface area contributed by atoms with E-state index in [-0.39, 0.29) is 35.1 Å². The first-order chi connectivity index (χ1) is 16.7. The van der Waals surface area contributed by atoms with Gasteiger partial charge in [-0.25, -0.2) is 17.5 Å². The van der Waals surface area contributed by atoms with Crippen LogP contribution in [0.3, 0.4) is 0 Å². The summed E-state index contributed by atoms with van der Waals surface area (Å²) in [5.74, 6) is -1.15. The lowest BCUT2D eigenvalue weighted by molar-refractivity contribution is -0.120. The second-order valence-electron chi connectivity index (χ2n) is 8.44. The Kier molecular flexibility index (Phi) is 8.89. The zero-order valence-corrected chi connectivity index (χ0v) is 20.5. The Morgan fingerprint density at radius 2 is 1.51 bits per heavy atom. The van der Waals surface area contributed by atoms with E-state index in [0.717, 1.165) is 5.56 Å². The molecule has 0 aliphatic heterocycles. The Balaban J connectivity index is 1.75. The van der Waals surface area contributed by atoms with Crippen LogP contribution in [0.1, 0.15) is 41.8 Å². The number of carbonyl (C=O) groups excluding carboxylic acids is 2. The molecule has 184 valence electrons. The summed E-state index contributed by atoms with van der Waals surface area (Å²) in [5, 5.41) is 2.77. The Labute approximate surface area is 205 Å². The summed E-state index contributed by atoms with van der Waals surface area (Å²) in [4.78, 5) is 26.0. The summed E-state index contributed by atoms with van der Waals surface area (Å²) in [6, 6.07) is 19.5. The first-order valence-electron chi connectivity index (χ1n) is 11.4.